The molecule has 5 rings (SSSR count). The number of nitriles is 3. The predicted octanol–water partition coefficient (Wildman–Crippen LogP) is 3.57. The van der Waals surface area contributed by atoms with Gasteiger partial charge >= 0.3 is 6.18 Å². The lowest BCUT2D eigenvalue weighted by molar-refractivity contribution is -0.330. The van der Waals surface area contributed by atoms with Crippen molar-refractivity contribution in [3.8, 4) is 18.2 Å². The number of halogens is 3. The van der Waals surface area contributed by atoms with Crippen LogP contribution in [0.4, 0.5) is 13.2 Å². The van der Waals surface area contributed by atoms with Crippen LogP contribution in [0.15, 0.2) is 24.3 Å². The molecule has 4 unspecified atom stereocenters. The number of rotatable bonds is 1. The lowest BCUT2D eigenvalue weighted by atomic mass is 9.51. The second-order valence-corrected chi connectivity index (χ2v) is 8.68. The molecule has 8 nitrogen and oxygen atoms in total. The van der Waals surface area contributed by atoms with Crippen LogP contribution in [-0.4, -0.2) is 30.7 Å². The lowest BCUT2D eigenvalue weighted by Crippen LogP contribution is -2.63. The van der Waals surface area contributed by atoms with Crippen LogP contribution in [0.25, 0.3) is 0 Å². The van der Waals surface area contributed by atoms with E-state index in [0.29, 0.717) is 19.6 Å². The summed E-state index contributed by atoms with van der Waals surface area (Å²) in [5, 5.41) is 39.4. The van der Waals surface area contributed by atoms with Gasteiger partial charge in [0.05, 0.1) is 42.9 Å². The molecule has 4 aliphatic rings. The summed E-state index contributed by atoms with van der Waals surface area (Å²) in [5.41, 5.74) is -5.10. The fourth-order valence-electron chi connectivity index (χ4n) is 5.70. The van der Waals surface area contributed by atoms with Gasteiger partial charge in [0.2, 0.25) is 17.1 Å². The van der Waals surface area contributed by atoms with Gasteiger partial charge < -0.3 is 18.9 Å². The van der Waals surface area contributed by atoms with Gasteiger partial charge in [-0.1, -0.05) is 12.1 Å². The summed E-state index contributed by atoms with van der Waals surface area (Å²) in [6.07, 6.45) is -5.46. The van der Waals surface area contributed by atoms with Crippen molar-refractivity contribution in [2.24, 2.45) is 16.7 Å². The van der Waals surface area contributed by atoms with Crippen molar-refractivity contribution >= 4 is 5.90 Å². The molecule has 0 aromatic heterocycles. The minimum atomic E-state index is -4.58. The number of nitrogens with one attached hydrogen (secondary N) is 1. The number of nitrogens with zero attached hydrogens (tertiary/aromatic N) is 3. The second-order valence-electron chi connectivity index (χ2n) is 8.68. The van der Waals surface area contributed by atoms with Crippen molar-refractivity contribution in [2.45, 2.75) is 43.1 Å². The quantitative estimate of drug-likeness (QED) is 0.680. The molecule has 3 saturated heterocycles. The Morgan fingerprint density at radius 1 is 0.970 bits per heavy atom. The van der Waals surface area contributed by atoms with Crippen molar-refractivity contribution in [1.82, 2.24) is 0 Å². The van der Waals surface area contributed by atoms with E-state index in [9.17, 15) is 29.0 Å². The molecule has 3 aliphatic heterocycles. The molecule has 1 aliphatic carbocycles. The van der Waals surface area contributed by atoms with Gasteiger partial charge in [0.1, 0.15) is 6.10 Å². The van der Waals surface area contributed by atoms with Crippen LogP contribution < -0.4 is 0 Å². The average molecular weight is 458 g/mol. The second kappa shape index (κ2) is 6.68. The smallest absolute Gasteiger partial charge is 0.416 e. The Balaban J connectivity index is 1.67. The molecule has 3 heterocycles. The van der Waals surface area contributed by atoms with E-state index in [4.69, 9.17) is 24.4 Å². The van der Waals surface area contributed by atoms with Crippen LogP contribution in [0, 0.1) is 56.2 Å². The third kappa shape index (κ3) is 2.57. The van der Waals surface area contributed by atoms with Crippen LogP contribution in [-0.2, 0) is 25.1 Å². The molecular formula is C22H17F3N4O4. The molecule has 0 amide bonds. The summed E-state index contributed by atoms with van der Waals surface area (Å²) in [6.45, 7) is 0.683. The predicted molar refractivity (Wildman–Crippen MR) is 100 cm³/mol. The normalized spacial score (nSPS) is 35.7. The Bertz CT molecular complexity index is 1130. The van der Waals surface area contributed by atoms with Crippen molar-refractivity contribution in [1.29, 1.82) is 21.2 Å². The first-order valence-electron chi connectivity index (χ1n) is 10.3. The first-order chi connectivity index (χ1) is 15.6. The van der Waals surface area contributed by atoms with Crippen molar-refractivity contribution in [3.05, 3.63) is 35.4 Å². The van der Waals surface area contributed by atoms with E-state index in [-0.39, 0.29) is 18.4 Å². The summed E-state index contributed by atoms with van der Waals surface area (Å²) >= 11 is 0. The van der Waals surface area contributed by atoms with Crippen LogP contribution in [0.5, 0.6) is 0 Å². The maximum Gasteiger partial charge on any atom is 0.416 e. The largest absolute Gasteiger partial charge is 0.447 e. The molecule has 11 heteroatoms. The van der Waals surface area contributed by atoms with E-state index in [0.717, 1.165) is 24.3 Å². The molecule has 1 aromatic carbocycles. The van der Waals surface area contributed by atoms with Crippen LogP contribution >= 0.6 is 0 Å². The van der Waals surface area contributed by atoms with Crippen LogP contribution in [0.2, 0.25) is 0 Å². The molecule has 0 radical (unpaired) electrons. The third-order valence-electron chi connectivity index (χ3n) is 7.27. The standard InChI is InChI=1S/C22H17F3N4O4/c23-22(24,25)14-3-1-13(2-4-14)16-18(10-26,11-27)20(12-28)15-9-19(30-7-8-31-19)5-6-21(15,32-16)33-17(20)29/h1-4,15-16,29H,5-9H2. The Kier molecular flexibility index (Phi) is 4.38. The molecular weight excluding hydrogens is 441 g/mol. The maximum atomic E-state index is 13.1. The fraction of sp³-hybridized carbons (Fsp3) is 0.545. The van der Waals surface area contributed by atoms with Gasteiger partial charge in [0, 0.05) is 19.3 Å². The summed E-state index contributed by atoms with van der Waals surface area (Å²) in [6, 6.07) is 9.68. The Hall–Kier alpha value is -3.17. The number of alkyl halides is 3. The van der Waals surface area contributed by atoms with Gasteiger partial charge in [-0.3, -0.25) is 5.41 Å². The van der Waals surface area contributed by atoms with Gasteiger partial charge in [0.15, 0.2) is 11.2 Å². The van der Waals surface area contributed by atoms with Gasteiger partial charge in [-0.2, -0.15) is 29.0 Å². The number of hydrogen-bond acceptors (Lipinski definition) is 8. The Labute approximate surface area is 186 Å². The fourth-order valence-corrected chi connectivity index (χ4v) is 5.70. The first-order valence-corrected chi connectivity index (χ1v) is 10.3. The van der Waals surface area contributed by atoms with E-state index in [1.807, 2.05) is 18.2 Å². The highest BCUT2D eigenvalue weighted by atomic mass is 19.4. The van der Waals surface area contributed by atoms with E-state index in [2.05, 4.69) is 0 Å². The molecule has 4 atom stereocenters. The Morgan fingerprint density at radius 3 is 2.15 bits per heavy atom. The molecule has 1 aromatic rings. The topological polar surface area (TPSA) is 132 Å². The summed E-state index contributed by atoms with van der Waals surface area (Å²) < 4.78 is 62.8. The third-order valence-corrected chi connectivity index (χ3v) is 7.27. The number of hydrogen-bond donors (Lipinski definition) is 1. The van der Waals surface area contributed by atoms with E-state index in [1.165, 1.54) is 0 Å². The molecule has 4 fully saturated rings. The van der Waals surface area contributed by atoms with Gasteiger partial charge in [-0.25, -0.2) is 0 Å². The highest BCUT2D eigenvalue weighted by molar-refractivity contribution is 5.89. The first kappa shape index (κ1) is 21.7. The Morgan fingerprint density at radius 2 is 1.61 bits per heavy atom. The highest BCUT2D eigenvalue weighted by Crippen LogP contribution is 2.70. The average Bonchev–Trinajstić information content (AvgIpc) is 3.33. The van der Waals surface area contributed by atoms with E-state index < -0.39 is 52.1 Å². The SMILES string of the molecule is N#CC1(C#N)C(c2ccc(C(F)(F)F)cc2)OC23CCC4(CC2C1(C#N)C(=N)O3)OCCO4. The molecule has 170 valence electrons. The number of ether oxygens (including phenoxy) is 4. The van der Waals surface area contributed by atoms with Crippen LogP contribution in [0.1, 0.15) is 36.5 Å². The summed E-state index contributed by atoms with van der Waals surface area (Å²) in [5.74, 6) is -4.05. The number of benzene rings is 1. The van der Waals surface area contributed by atoms with Gasteiger partial charge in [-0.15, -0.1) is 0 Å². The zero-order chi connectivity index (χ0) is 23.7. The van der Waals surface area contributed by atoms with E-state index >= 15 is 0 Å². The monoisotopic (exact) mass is 458 g/mol. The van der Waals surface area contributed by atoms with E-state index in [1.54, 1.807) is 0 Å². The van der Waals surface area contributed by atoms with Crippen molar-refractivity contribution in [3.63, 3.8) is 0 Å². The summed E-state index contributed by atoms with van der Waals surface area (Å²) in [4.78, 5) is 0. The summed E-state index contributed by atoms with van der Waals surface area (Å²) in [7, 11) is 0. The zero-order valence-electron chi connectivity index (χ0n) is 17.1. The highest BCUT2D eigenvalue weighted by Gasteiger charge is 2.82. The minimum Gasteiger partial charge on any atom is -0.447 e. The molecule has 1 spiro atoms. The molecule has 33 heavy (non-hydrogen) atoms. The minimum absolute atomic E-state index is 0.0633. The molecule has 1 N–H and O–H groups in total. The lowest BCUT2D eigenvalue weighted by Gasteiger charge is -2.54. The van der Waals surface area contributed by atoms with Crippen molar-refractivity contribution < 1.29 is 32.1 Å². The molecule has 1 saturated carbocycles. The van der Waals surface area contributed by atoms with Gasteiger partial charge in [-0.05, 0) is 17.7 Å². The van der Waals surface area contributed by atoms with Crippen LogP contribution in [0.3, 0.4) is 0 Å². The zero-order valence-corrected chi connectivity index (χ0v) is 17.1. The van der Waals surface area contributed by atoms with Crippen molar-refractivity contribution in [2.75, 3.05) is 13.2 Å². The maximum absolute atomic E-state index is 13.1. The van der Waals surface area contributed by atoms with Gasteiger partial charge in [0.25, 0.3) is 0 Å². The molecule has 2 bridgehead atoms.